The van der Waals surface area contributed by atoms with E-state index < -0.39 is 0 Å². The highest BCUT2D eigenvalue weighted by atomic mass is 32.2. The number of hydrogen-bond donors (Lipinski definition) is 0. The summed E-state index contributed by atoms with van der Waals surface area (Å²) in [5.41, 5.74) is 6.72. The number of carbonyl (C=O) groups excluding carboxylic acids is 1. The highest BCUT2D eigenvalue weighted by molar-refractivity contribution is 8.13. The van der Waals surface area contributed by atoms with Gasteiger partial charge in [-0.25, -0.2) is 0 Å². The number of hydrogen-bond acceptors (Lipinski definition) is 2. The Labute approximate surface area is 136 Å². The van der Waals surface area contributed by atoms with Gasteiger partial charge in [0.1, 0.15) is 0 Å². The second-order valence-electron chi connectivity index (χ2n) is 6.18. The van der Waals surface area contributed by atoms with Crippen LogP contribution in [0.4, 0.5) is 0 Å². The summed E-state index contributed by atoms with van der Waals surface area (Å²) in [4.78, 5) is 10.9. The maximum atomic E-state index is 10.9. The van der Waals surface area contributed by atoms with Gasteiger partial charge in [-0.2, -0.15) is 0 Å². The van der Waals surface area contributed by atoms with Gasteiger partial charge in [0.2, 0.25) is 0 Å². The van der Waals surface area contributed by atoms with Gasteiger partial charge in [0.15, 0.2) is 5.12 Å². The Balaban J connectivity index is 1.93. The molecule has 1 aliphatic rings. The van der Waals surface area contributed by atoms with E-state index in [2.05, 4.69) is 68.5 Å². The molecule has 1 nitrogen and oxygen atoms in total. The second kappa shape index (κ2) is 5.77. The maximum Gasteiger partial charge on any atom is 0.186 e. The zero-order chi connectivity index (χ0) is 15.7. The van der Waals surface area contributed by atoms with Gasteiger partial charge in [0.25, 0.3) is 0 Å². The molecule has 22 heavy (non-hydrogen) atoms. The Bertz CT molecular complexity index is 756. The summed E-state index contributed by atoms with van der Waals surface area (Å²) < 4.78 is 0. The van der Waals surface area contributed by atoms with E-state index in [1.54, 1.807) is 6.92 Å². The smallest absolute Gasteiger partial charge is 0.186 e. The van der Waals surface area contributed by atoms with Crippen molar-refractivity contribution in [2.45, 2.75) is 26.2 Å². The van der Waals surface area contributed by atoms with Crippen molar-refractivity contribution in [1.82, 2.24) is 0 Å². The molecule has 0 radical (unpaired) electrons. The second-order valence-corrected chi connectivity index (χ2v) is 7.38. The standard InChI is InChI=1S/C20H20OS/c1-14(21)22-12-6-7-15-10-11-17-16-8-4-5-9-18(16)20(2,3)19(17)13-15/h4-11,13H,12H2,1-3H3. The molecule has 0 heterocycles. The Morgan fingerprint density at radius 1 is 1.09 bits per heavy atom. The molecule has 0 fully saturated rings. The molecule has 0 saturated heterocycles. The van der Waals surface area contributed by atoms with Crippen molar-refractivity contribution in [3.05, 3.63) is 65.2 Å². The molecule has 0 aliphatic heterocycles. The zero-order valence-electron chi connectivity index (χ0n) is 13.2. The SMILES string of the molecule is CC(=O)SCC=Cc1ccc2c(c1)C(C)(C)c1ccccc1-2. The Morgan fingerprint density at radius 3 is 2.59 bits per heavy atom. The minimum Gasteiger partial charge on any atom is -0.288 e. The average Bonchev–Trinajstić information content (AvgIpc) is 2.73. The topological polar surface area (TPSA) is 17.1 Å². The number of fused-ring (bicyclic) bond motifs is 3. The summed E-state index contributed by atoms with van der Waals surface area (Å²) in [5, 5.41) is 0.162. The third-order valence-electron chi connectivity index (χ3n) is 4.30. The molecule has 1 aliphatic carbocycles. The van der Waals surface area contributed by atoms with Crippen LogP contribution in [0.2, 0.25) is 0 Å². The van der Waals surface area contributed by atoms with E-state index in [0.29, 0.717) is 0 Å². The van der Waals surface area contributed by atoms with Crippen LogP contribution >= 0.6 is 11.8 Å². The normalized spacial score (nSPS) is 14.9. The summed E-state index contributed by atoms with van der Waals surface area (Å²) in [6.45, 7) is 6.18. The van der Waals surface area contributed by atoms with Crippen LogP contribution in [0.15, 0.2) is 48.5 Å². The van der Waals surface area contributed by atoms with Crippen LogP contribution in [0, 0.1) is 0 Å². The minimum absolute atomic E-state index is 0.0455. The predicted molar refractivity (Wildman–Crippen MR) is 96.2 cm³/mol. The van der Waals surface area contributed by atoms with Crippen LogP contribution in [0.1, 0.15) is 37.5 Å². The fourth-order valence-corrected chi connectivity index (χ4v) is 3.60. The van der Waals surface area contributed by atoms with E-state index in [1.807, 2.05) is 0 Å². The summed E-state index contributed by atoms with van der Waals surface area (Å²) in [5.74, 6) is 0.732. The number of thioether (sulfide) groups is 1. The lowest BCUT2D eigenvalue weighted by atomic mass is 9.82. The molecule has 112 valence electrons. The first-order valence-corrected chi connectivity index (χ1v) is 8.53. The molecule has 0 N–H and O–H groups in total. The number of benzene rings is 2. The van der Waals surface area contributed by atoms with Gasteiger partial charge >= 0.3 is 0 Å². The van der Waals surface area contributed by atoms with Gasteiger partial charge in [-0.1, -0.05) is 80.2 Å². The molecule has 3 rings (SSSR count). The average molecular weight is 308 g/mol. The fourth-order valence-electron chi connectivity index (χ4n) is 3.18. The first-order chi connectivity index (χ1) is 10.5. The fraction of sp³-hybridized carbons (Fsp3) is 0.250. The van der Waals surface area contributed by atoms with Crippen LogP contribution in [0.5, 0.6) is 0 Å². The van der Waals surface area contributed by atoms with E-state index in [9.17, 15) is 4.79 Å². The van der Waals surface area contributed by atoms with Crippen molar-refractivity contribution in [2.24, 2.45) is 0 Å². The van der Waals surface area contributed by atoms with Crippen LogP contribution in [-0.2, 0) is 10.2 Å². The lowest BCUT2D eigenvalue weighted by Gasteiger charge is -2.21. The summed E-state index contributed by atoms with van der Waals surface area (Å²) in [7, 11) is 0. The molecule has 0 atom stereocenters. The minimum atomic E-state index is 0.0455. The van der Waals surface area contributed by atoms with Crippen molar-refractivity contribution >= 4 is 23.0 Å². The van der Waals surface area contributed by atoms with Crippen molar-refractivity contribution in [3.63, 3.8) is 0 Å². The highest BCUT2D eigenvalue weighted by Gasteiger charge is 2.34. The van der Waals surface area contributed by atoms with Crippen LogP contribution < -0.4 is 0 Å². The zero-order valence-corrected chi connectivity index (χ0v) is 14.0. The van der Waals surface area contributed by atoms with E-state index in [4.69, 9.17) is 0 Å². The molecular formula is C20H20OS. The molecule has 0 saturated carbocycles. The molecule has 2 aromatic rings. The highest BCUT2D eigenvalue weighted by Crippen LogP contribution is 2.48. The summed E-state index contributed by atoms with van der Waals surface area (Å²) in [6, 6.07) is 15.3. The summed E-state index contributed by atoms with van der Waals surface area (Å²) in [6.07, 6.45) is 4.16. The van der Waals surface area contributed by atoms with E-state index in [0.717, 1.165) is 5.75 Å². The monoisotopic (exact) mass is 308 g/mol. The first-order valence-electron chi connectivity index (χ1n) is 7.54. The molecule has 0 bridgehead atoms. The van der Waals surface area contributed by atoms with Gasteiger partial charge in [-0.15, -0.1) is 0 Å². The van der Waals surface area contributed by atoms with Crippen LogP contribution in [-0.4, -0.2) is 10.9 Å². The van der Waals surface area contributed by atoms with Gasteiger partial charge in [-0.05, 0) is 27.8 Å². The number of carbonyl (C=O) groups is 1. The van der Waals surface area contributed by atoms with E-state index in [1.165, 1.54) is 39.6 Å². The van der Waals surface area contributed by atoms with Crippen molar-refractivity contribution < 1.29 is 4.79 Å². The molecule has 2 heteroatoms. The Kier molecular flexibility index (Phi) is 3.96. The van der Waals surface area contributed by atoms with Crippen molar-refractivity contribution in [2.75, 3.05) is 5.75 Å². The van der Waals surface area contributed by atoms with Crippen LogP contribution in [0.25, 0.3) is 17.2 Å². The molecule has 0 unspecified atom stereocenters. The third-order valence-corrected chi connectivity index (χ3v) is 5.07. The van der Waals surface area contributed by atoms with E-state index >= 15 is 0 Å². The third kappa shape index (κ3) is 2.64. The van der Waals surface area contributed by atoms with Gasteiger partial charge in [0.05, 0.1) is 0 Å². The molecular weight excluding hydrogens is 288 g/mol. The maximum absolute atomic E-state index is 10.9. The summed E-state index contributed by atoms with van der Waals surface area (Å²) >= 11 is 1.34. The number of rotatable bonds is 3. The molecule has 0 amide bonds. The Morgan fingerprint density at radius 2 is 1.82 bits per heavy atom. The Hall–Kier alpha value is -1.80. The van der Waals surface area contributed by atoms with Gasteiger partial charge < -0.3 is 0 Å². The lowest BCUT2D eigenvalue weighted by Crippen LogP contribution is -2.14. The molecule has 2 aromatic carbocycles. The first kappa shape index (κ1) is 15.1. The van der Waals surface area contributed by atoms with Crippen LogP contribution in [0.3, 0.4) is 0 Å². The predicted octanol–water partition coefficient (Wildman–Crippen LogP) is 5.29. The van der Waals surface area contributed by atoms with Gasteiger partial charge in [-0.3, -0.25) is 4.79 Å². The quantitative estimate of drug-likeness (QED) is 0.766. The van der Waals surface area contributed by atoms with E-state index in [-0.39, 0.29) is 10.5 Å². The lowest BCUT2D eigenvalue weighted by molar-refractivity contribution is -0.109. The van der Waals surface area contributed by atoms with Crippen molar-refractivity contribution in [3.8, 4) is 11.1 Å². The van der Waals surface area contributed by atoms with Crippen molar-refractivity contribution in [1.29, 1.82) is 0 Å². The van der Waals surface area contributed by atoms with Gasteiger partial charge in [0, 0.05) is 18.1 Å². The molecule has 0 aromatic heterocycles. The molecule has 0 spiro atoms. The largest absolute Gasteiger partial charge is 0.288 e.